The molecule has 3 aromatic rings. The Morgan fingerprint density at radius 2 is 1.63 bits per heavy atom. The van der Waals surface area contributed by atoms with Gasteiger partial charge in [-0.1, -0.05) is 24.1 Å². The van der Waals surface area contributed by atoms with Crippen LogP contribution in [-0.4, -0.2) is 68.1 Å². The van der Waals surface area contributed by atoms with Crippen LogP contribution >= 0.6 is 11.6 Å². The van der Waals surface area contributed by atoms with Crippen LogP contribution in [-0.2, 0) is 0 Å². The molecule has 7 heteroatoms. The largest absolute Gasteiger partial charge is 0.368 e. The molecule has 2 aliphatic rings. The van der Waals surface area contributed by atoms with E-state index in [2.05, 4.69) is 32.1 Å². The topological polar surface area (TPSA) is 51.7 Å². The van der Waals surface area contributed by atoms with Gasteiger partial charge in [-0.2, -0.15) is 0 Å². The number of likely N-dealkylation sites (tertiary alicyclic amines) is 1. The fourth-order valence-electron chi connectivity index (χ4n) is 5.16. The van der Waals surface area contributed by atoms with Crippen LogP contribution in [0.2, 0.25) is 5.02 Å². The van der Waals surface area contributed by atoms with E-state index in [-0.39, 0.29) is 5.91 Å². The van der Waals surface area contributed by atoms with E-state index < -0.39 is 0 Å². The van der Waals surface area contributed by atoms with Gasteiger partial charge in [0, 0.05) is 60.6 Å². The van der Waals surface area contributed by atoms with Gasteiger partial charge in [0.15, 0.2) is 0 Å². The summed E-state index contributed by atoms with van der Waals surface area (Å²) in [6.07, 6.45) is 6.81. The van der Waals surface area contributed by atoms with Crippen LogP contribution in [0.5, 0.6) is 0 Å². The van der Waals surface area contributed by atoms with E-state index in [0.29, 0.717) is 12.1 Å². The Morgan fingerprint density at radius 3 is 2.40 bits per heavy atom. The molecule has 1 N–H and O–H groups in total. The van der Waals surface area contributed by atoms with Crippen LogP contribution in [0.15, 0.2) is 54.7 Å². The summed E-state index contributed by atoms with van der Waals surface area (Å²) in [5, 5.41) is 6.02. The maximum absolute atomic E-state index is 12.9. The number of pyridine rings is 1. The molecule has 2 aliphatic heterocycles. The van der Waals surface area contributed by atoms with Gasteiger partial charge in [-0.05, 0) is 86.7 Å². The first kappa shape index (κ1) is 23.9. The van der Waals surface area contributed by atoms with E-state index >= 15 is 0 Å². The molecular formula is C28H34ClN5O. The van der Waals surface area contributed by atoms with Crippen molar-refractivity contribution >= 4 is 39.8 Å². The van der Waals surface area contributed by atoms with Crippen LogP contribution in [0, 0.1) is 0 Å². The Hall–Kier alpha value is -2.83. The van der Waals surface area contributed by atoms with Crippen molar-refractivity contribution in [1.82, 2.24) is 15.2 Å². The summed E-state index contributed by atoms with van der Waals surface area (Å²) in [5.41, 5.74) is 1.89. The van der Waals surface area contributed by atoms with Crippen molar-refractivity contribution in [3.05, 3.63) is 65.3 Å². The first-order chi connectivity index (χ1) is 17.2. The summed E-state index contributed by atoms with van der Waals surface area (Å²) < 4.78 is 0. The second kappa shape index (κ2) is 11.3. The lowest BCUT2D eigenvalue weighted by molar-refractivity contribution is 0.0951. The van der Waals surface area contributed by atoms with Crippen molar-refractivity contribution in [3.8, 4) is 0 Å². The number of anilines is 2. The highest BCUT2D eigenvalue weighted by molar-refractivity contribution is 6.30. The number of piperidine rings is 1. The van der Waals surface area contributed by atoms with E-state index in [4.69, 9.17) is 16.6 Å². The molecule has 2 aromatic carbocycles. The van der Waals surface area contributed by atoms with Gasteiger partial charge in [-0.25, -0.2) is 4.98 Å². The number of amides is 1. The van der Waals surface area contributed by atoms with E-state index in [1.807, 2.05) is 42.6 Å². The zero-order chi connectivity index (χ0) is 24.0. The monoisotopic (exact) mass is 491 g/mol. The van der Waals surface area contributed by atoms with Crippen molar-refractivity contribution in [2.24, 2.45) is 0 Å². The predicted molar refractivity (Wildman–Crippen MR) is 145 cm³/mol. The lowest BCUT2D eigenvalue weighted by atomic mass is 10.1. The van der Waals surface area contributed by atoms with Crippen molar-refractivity contribution in [2.45, 2.75) is 25.7 Å². The molecule has 2 fully saturated rings. The summed E-state index contributed by atoms with van der Waals surface area (Å²) >= 11 is 6.05. The molecule has 6 nitrogen and oxygen atoms in total. The highest BCUT2D eigenvalue weighted by Gasteiger charge is 2.20. The second-order valence-electron chi connectivity index (χ2n) is 9.53. The summed E-state index contributed by atoms with van der Waals surface area (Å²) in [6, 6.07) is 16.0. The van der Waals surface area contributed by atoms with Crippen LogP contribution < -0.4 is 15.1 Å². The lowest BCUT2D eigenvalue weighted by Crippen LogP contribution is -2.46. The fourth-order valence-corrected chi connectivity index (χ4v) is 5.29. The standard InChI is InChI=1S/C28H34ClN5O/c29-24-7-9-25(10-8-24)33-17-19-34(20-18-33)27-26-21-23(6-5-22(26)11-13-30-27)28(35)31-12-4-16-32-14-2-1-3-15-32/h5-11,13,21H,1-4,12,14-20H2,(H,31,35). The lowest BCUT2D eigenvalue weighted by Gasteiger charge is -2.37. The zero-order valence-electron chi connectivity index (χ0n) is 20.3. The van der Waals surface area contributed by atoms with E-state index in [1.165, 1.54) is 38.0 Å². The number of carbonyl (C=O) groups excluding carboxylic acids is 1. The minimum Gasteiger partial charge on any atom is -0.368 e. The average molecular weight is 492 g/mol. The van der Waals surface area contributed by atoms with Crippen molar-refractivity contribution in [3.63, 3.8) is 0 Å². The molecule has 0 spiro atoms. The average Bonchev–Trinajstić information content (AvgIpc) is 2.91. The number of carbonyl (C=O) groups is 1. The second-order valence-corrected chi connectivity index (χ2v) is 9.97. The first-order valence-corrected chi connectivity index (χ1v) is 13.2. The van der Waals surface area contributed by atoms with Crippen LogP contribution in [0.1, 0.15) is 36.0 Å². The van der Waals surface area contributed by atoms with Gasteiger partial charge in [0.2, 0.25) is 0 Å². The molecule has 0 radical (unpaired) electrons. The van der Waals surface area contributed by atoms with Gasteiger partial charge in [-0.3, -0.25) is 4.79 Å². The normalized spacial score (nSPS) is 17.1. The molecule has 2 saturated heterocycles. The predicted octanol–water partition coefficient (Wildman–Crippen LogP) is 4.82. The van der Waals surface area contributed by atoms with E-state index in [1.54, 1.807) is 0 Å². The van der Waals surface area contributed by atoms with Crippen LogP contribution in [0.25, 0.3) is 10.8 Å². The highest BCUT2D eigenvalue weighted by Crippen LogP contribution is 2.28. The third-order valence-electron chi connectivity index (χ3n) is 7.16. The van der Waals surface area contributed by atoms with Crippen molar-refractivity contribution in [2.75, 3.05) is 62.2 Å². The number of rotatable bonds is 7. The summed E-state index contributed by atoms with van der Waals surface area (Å²) in [6.45, 7) is 7.75. The number of benzene rings is 2. The van der Waals surface area contributed by atoms with Crippen molar-refractivity contribution < 1.29 is 4.79 Å². The van der Waals surface area contributed by atoms with E-state index in [0.717, 1.165) is 60.8 Å². The molecule has 0 bridgehead atoms. The Balaban J connectivity index is 1.22. The quantitative estimate of drug-likeness (QED) is 0.480. The fraction of sp³-hybridized carbons (Fsp3) is 0.429. The molecule has 5 rings (SSSR count). The third-order valence-corrected chi connectivity index (χ3v) is 7.42. The Bertz CT molecular complexity index is 1140. The van der Waals surface area contributed by atoms with Crippen LogP contribution in [0.3, 0.4) is 0 Å². The zero-order valence-corrected chi connectivity index (χ0v) is 21.0. The summed E-state index contributed by atoms with van der Waals surface area (Å²) in [7, 11) is 0. The van der Waals surface area contributed by atoms with Gasteiger partial charge >= 0.3 is 0 Å². The van der Waals surface area contributed by atoms with Crippen molar-refractivity contribution in [1.29, 1.82) is 0 Å². The Labute approximate surface area is 212 Å². The minimum absolute atomic E-state index is 0.00657. The molecular weight excluding hydrogens is 458 g/mol. The number of hydrogen-bond acceptors (Lipinski definition) is 5. The molecule has 3 heterocycles. The molecule has 0 atom stereocenters. The number of hydrogen-bond donors (Lipinski definition) is 1. The van der Waals surface area contributed by atoms with Gasteiger partial charge < -0.3 is 20.0 Å². The maximum Gasteiger partial charge on any atom is 0.251 e. The van der Waals surface area contributed by atoms with Gasteiger partial charge in [0.05, 0.1) is 0 Å². The third kappa shape index (κ3) is 5.88. The summed E-state index contributed by atoms with van der Waals surface area (Å²) in [4.78, 5) is 24.8. The molecule has 0 saturated carbocycles. The van der Waals surface area contributed by atoms with Crippen LogP contribution in [0.4, 0.5) is 11.5 Å². The Kier molecular flexibility index (Phi) is 7.69. The molecule has 1 aromatic heterocycles. The van der Waals surface area contributed by atoms with Gasteiger partial charge in [-0.15, -0.1) is 0 Å². The number of nitrogens with one attached hydrogen (secondary N) is 1. The molecule has 184 valence electrons. The first-order valence-electron chi connectivity index (χ1n) is 12.8. The molecule has 0 unspecified atom stereocenters. The number of piperazine rings is 1. The Morgan fingerprint density at radius 1 is 0.886 bits per heavy atom. The van der Waals surface area contributed by atoms with Gasteiger partial charge in [0.1, 0.15) is 5.82 Å². The number of aromatic nitrogens is 1. The smallest absolute Gasteiger partial charge is 0.251 e. The number of fused-ring (bicyclic) bond motifs is 1. The maximum atomic E-state index is 12.9. The minimum atomic E-state index is -0.00657. The molecule has 0 aliphatic carbocycles. The molecule has 35 heavy (non-hydrogen) atoms. The highest BCUT2D eigenvalue weighted by atomic mass is 35.5. The number of halogens is 1. The van der Waals surface area contributed by atoms with Gasteiger partial charge in [0.25, 0.3) is 5.91 Å². The molecule has 1 amide bonds. The summed E-state index contributed by atoms with van der Waals surface area (Å²) in [5.74, 6) is 0.950. The SMILES string of the molecule is O=C(NCCCN1CCCCC1)c1ccc2ccnc(N3CCN(c4ccc(Cl)cc4)CC3)c2c1. The number of nitrogens with zero attached hydrogens (tertiary/aromatic N) is 4. The van der Waals surface area contributed by atoms with E-state index in [9.17, 15) is 4.79 Å².